The number of rotatable bonds is 4. The lowest BCUT2D eigenvalue weighted by molar-refractivity contribution is 0.153. The Labute approximate surface area is 84.8 Å². The van der Waals surface area contributed by atoms with Gasteiger partial charge in [-0.2, -0.15) is 0 Å². The summed E-state index contributed by atoms with van der Waals surface area (Å²) in [4.78, 5) is 0. The van der Waals surface area contributed by atoms with Crippen molar-refractivity contribution in [2.24, 2.45) is 0 Å². The van der Waals surface area contributed by atoms with Crippen LogP contribution in [0, 0.1) is 11.8 Å². The zero-order valence-electron chi connectivity index (χ0n) is 8.54. The number of benzene rings is 1. The van der Waals surface area contributed by atoms with Crippen molar-refractivity contribution in [1.29, 1.82) is 0 Å². The summed E-state index contributed by atoms with van der Waals surface area (Å²) in [6.07, 6.45) is 0. The van der Waals surface area contributed by atoms with Gasteiger partial charge in [-0.3, -0.25) is 0 Å². The van der Waals surface area contributed by atoms with E-state index in [1.165, 1.54) is 0 Å². The lowest BCUT2D eigenvalue weighted by atomic mass is 10.2. The normalized spacial score (nSPS) is 9.00. The van der Waals surface area contributed by atoms with Crippen molar-refractivity contribution in [3.63, 3.8) is 0 Å². The molecule has 0 bridgehead atoms. The highest BCUT2D eigenvalue weighted by atomic mass is 16.5. The molecule has 0 amide bonds. The highest BCUT2D eigenvalue weighted by Crippen LogP contribution is 2.11. The Morgan fingerprint density at radius 2 is 1.93 bits per heavy atom. The first-order valence-electron chi connectivity index (χ1n) is 4.47. The lowest BCUT2D eigenvalue weighted by Gasteiger charge is -2.02. The number of hydrogen-bond acceptors (Lipinski definition) is 2. The van der Waals surface area contributed by atoms with Crippen LogP contribution in [-0.4, -0.2) is 13.7 Å². The van der Waals surface area contributed by atoms with Gasteiger partial charge in [-0.25, -0.2) is 0 Å². The Bertz CT molecular complexity index is 316. The monoisotopic (exact) mass is 190 g/mol. The van der Waals surface area contributed by atoms with Crippen molar-refractivity contribution in [2.75, 3.05) is 13.7 Å². The van der Waals surface area contributed by atoms with Crippen LogP contribution >= 0.6 is 0 Å². The SMILES string of the molecule is CC#CCOCc1ccc(OC)cc1. The predicted molar refractivity (Wildman–Crippen MR) is 56.1 cm³/mol. The van der Waals surface area contributed by atoms with E-state index in [1.807, 2.05) is 24.3 Å². The number of ether oxygens (including phenoxy) is 2. The molecule has 0 unspecified atom stereocenters. The third-order valence-corrected chi connectivity index (χ3v) is 1.78. The van der Waals surface area contributed by atoms with Crippen molar-refractivity contribution in [1.82, 2.24) is 0 Å². The minimum atomic E-state index is 0.489. The van der Waals surface area contributed by atoms with Crippen LogP contribution in [0.3, 0.4) is 0 Å². The molecule has 0 radical (unpaired) electrons. The lowest BCUT2D eigenvalue weighted by Crippen LogP contribution is -1.93. The molecule has 14 heavy (non-hydrogen) atoms. The molecular weight excluding hydrogens is 176 g/mol. The molecular formula is C12H14O2. The summed E-state index contributed by atoms with van der Waals surface area (Å²) in [6.45, 7) is 2.89. The minimum Gasteiger partial charge on any atom is -0.497 e. The number of hydrogen-bond donors (Lipinski definition) is 0. The average Bonchev–Trinajstić information content (AvgIpc) is 2.25. The third-order valence-electron chi connectivity index (χ3n) is 1.78. The summed E-state index contributed by atoms with van der Waals surface area (Å²) in [7, 11) is 1.66. The minimum absolute atomic E-state index is 0.489. The fourth-order valence-electron chi connectivity index (χ4n) is 1.01. The van der Waals surface area contributed by atoms with E-state index in [1.54, 1.807) is 14.0 Å². The highest BCUT2D eigenvalue weighted by molar-refractivity contribution is 5.26. The predicted octanol–water partition coefficient (Wildman–Crippen LogP) is 2.24. The van der Waals surface area contributed by atoms with E-state index in [9.17, 15) is 0 Å². The topological polar surface area (TPSA) is 18.5 Å². The van der Waals surface area contributed by atoms with Crippen LogP contribution in [0.2, 0.25) is 0 Å². The molecule has 0 aliphatic carbocycles. The van der Waals surface area contributed by atoms with Crippen molar-refractivity contribution in [3.05, 3.63) is 29.8 Å². The van der Waals surface area contributed by atoms with Gasteiger partial charge in [0.2, 0.25) is 0 Å². The van der Waals surface area contributed by atoms with E-state index in [2.05, 4.69) is 11.8 Å². The van der Waals surface area contributed by atoms with Crippen LogP contribution in [0.25, 0.3) is 0 Å². The molecule has 0 aliphatic heterocycles. The molecule has 1 aromatic rings. The Balaban J connectivity index is 2.38. The smallest absolute Gasteiger partial charge is 0.118 e. The zero-order chi connectivity index (χ0) is 10.2. The molecule has 0 fully saturated rings. The van der Waals surface area contributed by atoms with Gasteiger partial charge in [0.25, 0.3) is 0 Å². The second-order valence-corrected chi connectivity index (χ2v) is 2.77. The van der Waals surface area contributed by atoms with Crippen molar-refractivity contribution in [2.45, 2.75) is 13.5 Å². The van der Waals surface area contributed by atoms with Gasteiger partial charge in [0, 0.05) is 0 Å². The zero-order valence-corrected chi connectivity index (χ0v) is 8.54. The molecule has 0 saturated carbocycles. The van der Waals surface area contributed by atoms with E-state index in [0.717, 1.165) is 11.3 Å². The van der Waals surface area contributed by atoms with E-state index in [0.29, 0.717) is 13.2 Å². The average molecular weight is 190 g/mol. The van der Waals surface area contributed by atoms with Crippen LogP contribution in [-0.2, 0) is 11.3 Å². The molecule has 1 rings (SSSR count). The third kappa shape index (κ3) is 3.51. The molecule has 2 heteroatoms. The van der Waals surface area contributed by atoms with Crippen molar-refractivity contribution >= 4 is 0 Å². The van der Waals surface area contributed by atoms with Crippen LogP contribution in [0.15, 0.2) is 24.3 Å². The van der Waals surface area contributed by atoms with Gasteiger partial charge in [0.15, 0.2) is 0 Å². The van der Waals surface area contributed by atoms with Gasteiger partial charge in [-0.05, 0) is 24.6 Å². The summed E-state index contributed by atoms with van der Waals surface area (Å²) in [5.41, 5.74) is 1.13. The molecule has 0 aromatic heterocycles. The van der Waals surface area contributed by atoms with Crippen molar-refractivity contribution in [3.8, 4) is 17.6 Å². The van der Waals surface area contributed by atoms with Crippen LogP contribution in [0.4, 0.5) is 0 Å². The number of methoxy groups -OCH3 is 1. The van der Waals surface area contributed by atoms with Crippen LogP contribution < -0.4 is 4.74 Å². The summed E-state index contributed by atoms with van der Waals surface area (Å²) in [5.74, 6) is 6.48. The van der Waals surface area contributed by atoms with Gasteiger partial charge in [0.1, 0.15) is 12.4 Å². The fraction of sp³-hybridized carbons (Fsp3) is 0.333. The summed E-state index contributed by atoms with van der Waals surface area (Å²) >= 11 is 0. The quantitative estimate of drug-likeness (QED) is 0.535. The second-order valence-electron chi connectivity index (χ2n) is 2.77. The van der Waals surface area contributed by atoms with E-state index in [-0.39, 0.29) is 0 Å². The molecule has 0 N–H and O–H groups in total. The molecule has 0 aliphatic rings. The van der Waals surface area contributed by atoms with Gasteiger partial charge in [-0.1, -0.05) is 18.1 Å². The second kappa shape index (κ2) is 6.06. The molecule has 1 aromatic carbocycles. The maximum atomic E-state index is 5.32. The first-order chi connectivity index (χ1) is 6.86. The first kappa shape index (κ1) is 10.6. The molecule has 0 saturated heterocycles. The molecule has 0 atom stereocenters. The van der Waals surface area contributed by atoms with E-state index in [4.69, 9.17) is 9.47 Å². The maximum Gasteiger partial charge on any atom is 0.118 e. The summed E-state index contributed by atoms with van der Waals surface area (Å²) < 4.78 is 10.4. The van der Waals surface area contributed by atoms with Gasteiger partial charge in [-0.15, -0.1) is 5.92 Å². The van der Waals surface area contributed by atoms with Crippen LogP contribution in [0.1, 0.15) is 12.5 Å². The van der Waals surface area contributed by atoms with Gasteiger partial charge < -0.3 is 9.47 Å². The van der Waals surface area contributed by atoms with Crippen molar-refractivity contribution < 1.29 is 9.47 Å². The Morgan fingerprint density at radius 3 is 2.50 bits per heavy atom. The Hall–Kier alpha value is -1.46. The Morgan fingerprint density at radius 1 is 1.21 bits per heavy atom. The van der Waals surface area contributed by atoms with E-state index >= 15 is 0 Å². The van der Waals surface area contributed by atoms with Gasteiger partial charge in [0.05, 0.1) is 13.7 Å². The van der Waals surface area contributed by atoms with Gasteiger partial charge >= 0.3 is 0 Å². The fourth-order valence-corrected chi connectivity index (χ4v) is 1.01. The molecule has 74 valence electrons. The largest absolute Gasteiger partial charge is 0.497 e. The summed E-state index contributed by atoms with van der Waals surface area (Å²) in [6, 6.07) is 7.81. The molecule has 0 heterocycles. The first-order valence-corrected chi connectivity index (χ1v) is 4.47. The molecule has 0 spiro atoms. The maximum absolute atomic E-state index is 5.32. The molecule has 2 nitrogen and oxygen atoms in total. The highest BCUT2D eigenvalue weighted by Gasteiger charge is 1.93. The van der Waals surface area contributed by atoms with Crippen LogP contribution in [0.5, 0.6) is 5.75 Å². The van der Waals surface area contributed by atoms with E-state index < -0.39 is 0 Å². The summed E-state index contributed by atoms with van der Waals surface area (Å²) in [5, 5.41) is 0. The Kier molecular flexibility index (Phi) is 4.60. The standard InChI is InChI=1S/C12H14O2/c1-3-4-9-14-10-11-5-7-12(13-2)8-6-11/h5-8H,9-10H2,1-2H3.